The molecule has 4 nitrogen and oxygen atoms in total. The van der Waals surface area contributed by atoms with Crippen LogP contribution >= 0.6 is 0 Å². The summed E-state index contributed by atoms with van der Waals surface area (Å²) in [5.41, 5.74) is 0. The normalized spacial score (nSPS) is 26.3. The molecule has 1 saturated carbocycles. The van der Waals surface area contributed by atoms with Crippen LogP contribution in [0, 0.1) is 17.8 Å². The van der Waals surface area contributed by atoms with Crippen molar-refractivity contribution in [1.29, 1.82) is 0 Å². The van der Waals surface area contributed by atoms with Gasteiger partial charge in [0.15, 0.2) is 0 Å². The van der Waals surface area contributed by atoms with Gasteiger partial charge in [-0.25, -0.2) is 0 Å². The van der Waals surface area contributed by atoms with Gasteiger partial charge in [0.2, 0.25) is 0 Å². The maximum absolute atomic E-state index is 12.1. The van der Waals surface area contributed by atoms with Crippen molar-refractivity contribution >= 4 is 11.9 Å². The van der Waals surface area contributed by atoms with E-state index in [1.807, 2.05) is 6.92 Å². The van der Waals surface area contributed by atoms with Crippen LogP contribution in [0.1, 0.15) is 26.2 Å². The molecule has 3 unspecified atom stereocenters. The second kappa shape index (κ2) is 7.77. The standard InChI is InChI=1S/C15H22O4/c1-4-9-18-14(16)12-8-6-7-11(3)13(12)15(17)19-10-5-2/h4-5,11-13H,1-2,6-10H2,3H3. The predicted molar refractivity (Wildman–Crippen MR) is 72.3 cm³/mol. The molecule has 0 amide bonds. The maximum atomic E-state index is 12.1. The molecule has 3 atom stereocenters. The Kier molecular flexibility index (Phi) is 6.33. The number of carbonyl (C=O) groups is 2. The van der Waals surface area contributed by atoms with Gasteiger partial charge in [0.1, 0.15) is 13.2 Å². The lowest BCUT2D eigenvalue weighted by atomic mass is 9.73. The lowest BCUT2D eigenvalue weighted by Crippen LogP contribution is -2.39. The van der Waals surface area contributed by atoms with Crippen molar-refractivity contribution in [3.05, 3.63) is 25.3 Å². The molecular weight excluding hydrogens is 244 g/mol. The summed E-state index contributed by atoms with van der Waals surface area (Å²) >= 11 is 0. The van der Waals surface area contributed by atoms with E-state index in [1.165, 1.54) is 12.2 Å². The Morgan fingerprint density at radius 1 is 1.11 bits per heavy atom. The second-order valence-electron chi connectivity index (χ2n) is 4.88. The minimum absolute atomic E-state index is 0.132. The minimum atomic E-state index is -0.411. The molecule has 106 valence electrons. The Labute approximate surface area is 114 Å². The van der Waals surface area contributed by atoms with Gasteiger partial charge < -0.3 is 9.47 Å². The highest BCUT2D eigenvalue weighted by Crippen LogP contribution is 2.36. The van der Waals surface area contributed by atoms with E-state index in [2.05, 4.69) is 13.2 Å². The van der Waals surface area contributed by atoms with Crippen LogP contribution in [0.4, 0.5) is 0 Å². The fourth-order valence-electron chi connectivity index (χ4n) is 2.56. The zero-order valence-corrected chi connectivity index (χ0v) is 11.5. The van der Waals surface area contributed by atoms with Gasteiger partial charge in [0, 0.05) is 0 Å². The Balaban J connectivity index is 2.73. The molecule has 0 aromatic rings. The van der Waals surface area contributed by atoms with Gasteiger partial charge in [0.25, 0.3) is 0 Å². The predicted octanol–water partition coefficient (Wildman–Crippen LogP) is 2.50. The van der Waals surface area contributed by atoms with Gasteiger partial charge in [-0.2, -0.15) is 0 Å². The largest absolute Gasteiger partial charge is 0.461 e. The van der Waals surface area contributed by atoms with Crippen LogP contribution in [0.25, 0.3) is 0 Å². The monoisotopic (exact) mass is 266 g/mol. The topological polar surface area (TPSA) is 52.6 Å². The molecule has 1 fully saturated rings. The van der Waals surface area contributed by atoms with E-state index in [4.69, 9.17) is 9.47 Å². The lowest BCUT2D eigenvalue weighted by molar-refractivity contribution is -0.164. The molecule has 1 aliphatic rings. The summed E-state index contributed by atoms with van der Waals surface area (Å²) in [6.07, 6.45) is 5.58. The number of esters is 2. The molecule has 1 aliphatic carbocycles. The zero-order valence-electron chi connectivity index (χ0n) is 11.5. The third-order valence-electron chi connectivity index (χ3n) is 3.48. The Morgan fingerprint density at radius 3 is 2.26 bits per heavy atom. The quantitative estimate of drug-likeness (QED) is 0.547. The first kappa shape index (κ1) is 15.5. The van der Waals surface area contributed by atoms with E-state index in [9.17, 15) is 9.59 Å². The van der Waals surface area contributed by atoms with Crippen LogP contribution in [-0.4, -0.2) is 25.2 Å². The molecule has 0 aromatic carbocycles. The first-order valence-electron chi connectivity index (χ1n) is 6.66. The van der Waals surface area contributed by atoms with Gasteiger partial charge >= 0.3 is 11.9 Å². The van der Waals surface area contributed by atoms with Crippen molar-refractivity contribution in [2.45, 2.75) is 26.2 Å². The highest BCUT2D eigenvalue weighted by atomic mass is 16.5. The molecule has 0 bridgehead atoms. The Morgan fingerprint density at radius 2 is 1.68 bits per heavy atom. The molecule has 0 saturated heterocycles. The Hall–Kier alpha value is -1.58. The highest BCUT2D eigenvalue weighted by molar-refractivity contribution is 5.82. The molecule has 0 spiro atoms. The molecule has 0 N–H and O–H groups in total. The molecule has 0 aliphatic heterocycles. The van der Waals surface area contributed by atoms with Crippen molar-refractivity contribution in [3.63, 3.8) is 0 Å². The molecule has 0 heterocycles. The fourth-order valence-corrected chi connectivity index (χ4v) is 2.56. The highest BCUT2D eigenvalue weighted by Gasteiger charge is 2.41. The molecular formula is C15H22O4. The van der Waals surface area contributed by atoms with Crippen molar-refractivity contribution in [3.8, 4) is 0 Å². The SMILES string of the molecule is C=CCOC(=O)C1CCCC(C)C1C(=O)OCC=C. The van der Waals surface area contributed by atoms with E-state index in [0.29, 0.717) is 6.42 Å². The fraction of sp³-hybridized carbons (Fsp3) is 0.600. The zero-order chi connectivity index (χ0) is 14.3. The van der Waals surface area contributed by atoms with Crippen molar-refractivity contribution in [2.24, 2.45) is 17.8 Å². The number of rotatable bonds is 6. The van der Waals surface area contributed by atoms with Gasteiger partial charge in [-0.05, 0) is 18.8 Å². The van der Waals surface area contributed by atoms with E-state index in [-0.39, 0.29) is 31.1 Å². The van der Waals surface area contributed by atoms with E-state index in [0.717, 1.165) is 12.8 Å². The number of carbonyl (C=O) groups excluding carboxylic acids is 2. The molecule has 1 rings (SSSR count). The van der Waals surface area contributed by atoms with Crippen LogP contribution < -0.4 is 0 Å². The summed E-state index contributed by atoms with van der Waals surface area (Å²) in [6.45, 7) is 9.35. The smallest absolute Gasteiger partial charge is 0.310 e. The number of hydrogen-bond donors (Lipinski definition) is 0. The summed E-state index contributed by atoms with van der Waals surface area (Å²) < 4.78 is 10.2. The Bertz CT molecular complexity index is 348. The molecule has 0 aromatic heterocycles. The summed E-state index contributed by atoms with van der Waals surface area (Å²) in [7, 11) is 0. The minimum Gasteiger partial charge on any atom is -0.461 e. The average Bonchev–Trinajstić information content (AvgIpc) is 2.41. The van der Waals surface area contributed by atoms with Crippen LogP contribution in [0.15, 0.2) is 25.3 Å². The number of ether oxygens (including phenoxy) is 2. The molecule has 4 heteroatoms. The van der Waals surface area contributed by atoms with Crippen LogP contribution in [-0.2, 0) is 19.1 Å². The van der Waals surface area contributed by atoms with E-state index >= 15 is 0 Å². The summed E-state index contributed by atoms with van der Waals surface area (Å²) in [5.74, 6) is -1.33. The van der Waals surface area contributed by atoms with E-state index in [1.54, 1.807) is 0 Å². The van der Waals surface area contributed by atoms with Crippen LogP contribution in [0.3, 0.4) is 0 Å². The average molecular weight is 266 g/mol. The van der Waals surface area contributed by atoms with E-state index < -0.39 is 11.8 Å². The summed E-state index contributed by atoms with van der Waals surface area (Å²) in [6, 6.07) is 0. The van der Waals surface area contributed by atoms with Crippen LogP contribution in [0.2, 0.25) is 0 Å². The molecule has 0 radical (unpaired) electrons. The van der Waals surface area contributed by atoms with Crippen molar-refractivity contribution in [2.75, 3.05) is 13.2 Å². The van der Waals surface area contributed by atoms with Gasteiger partial charge in [0.05, 0.1) is 11.8 Å². The third-order valence-corrected chi connectivity index (χ3v) is 3.48. The molecule has 19 heavy (non-hydrogen) atoms. The third kappa shape index (κ3) is 4.23. The van der Waals surface area contributed by atoms with Gasteiger partial charge in [-0.1, -0.05) is 38.7 Å². The van der Waals surface area contributed by atoms with Gasteiger partial charge in [-0.15, -0.1) is 0 Å². The maximum Gasteiger partial charge on any atom is 0.310 e. The summed E-state index contributed by atoms with van der Waals surface area (Å²) in [4.78, 5) is 24.1. The number of hydrogen-bond acceptors (Lipinski definition) is 4. The van der Waals surface area contributed by atoms with Crippen molar-refractivity contribution in [1.82, 2.24) is 0 Å². The van der Waals surface area contributed by atoms with Crippen molar-refractivity contribution < 1.29 is 19.1 Å². The second-order valence-corrected chi connectivity index (χ2v) is 4.88. The lowest BCUT2D eigenvalue weighted by Gasteiger charge is -2.33. The van der Waals surface area contributed by atoms with Gasteiger partial charge in [-0.3, -0.25) is 9.59 Å². The van der Waals surface area contributed by atoms with Crippen LogP contribution in [0.5, 0.6) is 0 Å². The first-order valence-corrected chi connectivity index (χ1v) is 6.66. The first-order chi connectivity index (χ1) is 9.11. The summed E-state index contributed by atoms with van der Waals surface area (Å²) in [5, 5.41) is 0.